The summed E-state index contributed by atoms with van der Waals surface area (Å²) in [6, 6.07) is 0. The molecule has 1 rings (SSSR count). The molecule has 0 radical (unpaired) electrons. The quantitative estimate of drug-likeness (QED) is 0.719. The average molecular weight is 184 g/mol. The first kappa shape index (κ1) is 9.65. The van der Waals surface area contributed by atoms with Crippen molar-refractivity contribution in [3.63, 3.8) is 0 Å². The smallest absolute Gasteiger partial charge is 0.0787 e. The Kier molecular flexibility index (Phi) is 3.66. The summed E-state index contributed by atoms with van der Waals surface area (Å²) in [5.74, 6) is 0.748. The van der Waals surface area contributed by atoms with Crippen LogP contribution in [-0.2, 0) is 6.42 Å². The van der Waals surface area contributed by atoms with Gasteiger partial charge in [-0.05, 0) is 30.8 Å². The minimum atomic E-state index is 0.748. The number of hydrogen-bond acceptors (Lipinski definition) is 3. The summed E-state index contributed by atoms with van der Waals surface area (Å²) in [6.45, 7) is 6.60. The molecule has 2 nitrogen and oxygen atoms in total. The van der Waals surface area contributed by atoms with Crippen molar-refractivity contribution in [3.05, 3.63) is 10.6 Å². The molecule has 0 spiro atoms. The molecule has 0 aromatic carbocycles. The van der Waals surface area contributed by atoms with E-state index in [4.69, 9.17) is 0 Å². The van der Waals surface area contributed by atoms with Gasteiger partial charge in [0.25, 0.3) is 0 Å². The fraction of sp³-hybridized carbons (Fsp3) is 0.778. The Morgan fingerprint density at radius 1 is 1.50 bits per heavy atom. The van der Waals surface area contributed by atoms with Crippen LogP contribution in [0.5, 0.6) is 0 Å². The Balaban J connectivity index is 2.46. The monoisotopic (exact) mass is 184 g/mol. The van der Waals surface area contributed by atoms with Crippen molar-refractivity contribution in [1.29, 1.82) is 0 Å². The van der Waals surface area contributed by atoms with Crippen LogP contribution in [0.2, 0.25) is 0 Å². The first-order valence-corrected chi connectivity index (χ1v) is 5.29. The van der Waals surface area contributed by atoms with Crippen molar-refractivity contribution in [2.24, 2.45) is 5.92 Å². The highest BCUT2D eigenvalue weighted by atomic mass is 32.1. The van der Waals surface area contributed by atoms with Gasteiger partial charge in [-0.15, -0.1) is 5.10 Å². The number of hydrogen-bond donors (Lipinski definition) is 0. The van der Waals surface area contributed by atoms with E-state index in [0.717, 1.165) is 12.3 Å². The summed E-state index contributed by atoms with van der Waals surface area (Å²) in [5, 5.41) is 4.11. The van der Waals surface area contributed by atoms with Crippen LogP contribution in [0.1, 0.15) is 37.3 Å². The van der Waals surface area contributed by atoms with E-state index in [1.807, 2.05) is 0 Å². The van der Waals surface area contributed by atoms with E-state index >= 15 is 0 Å². The van der Waals surface area contributed by atoms with Crippen molar-refractivity contribution in [2.75, 3.05) is 0 Å². The van der Waals surface area contributed by atoms with E-state index in [9.17, 15) is 0 Å². The lowest BCUT2D eigenvalue weighted by atomic mass is 10.0. The van der Waals surface area contributed by atoms with Crippen LogP contribution in [0.4, 0.5) is 0 Å². The minimum absolute atomic E-state index is 0.748. The van der Waals surface area contributed by atoms with Crippen LogP contribution >= 0.6 is 11.5 Å². The van der Waals surface area contributed by atoms with Gasteiger partial charge in [0, 0.05) is 4.88 Å². The molecule has 1 unspecified atom stereocenters. The first-order valence-electron chi connectivity index (χ1n) is 4.51. The summed E-state index contributed by atoms with van der Waals surface area (Å²) < 4.78 is 3.93. The molecule has 0 N–H and O–H groups in total. The van der Waals surface area contributed by atoms with Gasteiger partial charge in [0.15, 0.2) is 0 Å². The lowest BCUT2D eigenvalue weighted by Gasteiger charge is -2.06. The van der Waals surface area contributed by atoms with Crippen LogP contribution < -0.4 is 0 Å². The van der Waals surface area contributed by atoms with E-state index in [1.54, 1.807) is 0 Å². The third-order valence-electron chi connectivity index (χ3n) is 2.07. The van der Waals surface area contributed by atoms with Crippen LogP contribution in [0.25, 0.3) is 0 Å². The second-order valence-electron chi connectivity index (χ2n) is 3.37. The normalized spacial score (nSPS) is 13.2. The van der Waals surface area contributed by atoms with Crippen LogP contribution in [0.15, 0.2) is 0 Å². The molecule has 1 atom stereocenters. The highest BCUT2D eigenvalue weighted by molar-refractivity contribution is 7.05. The Morgan fingerprint density at radius 2 is 2.25 bits per heavy atom. The third-order valence-corrected chi connectivity index (χ3v) is 2.74. The second kappa shape index (κ2) is 4.55. The van der Waals surface area contributed by atoms with Gasteiger partial charge in [0.1, 0.15) is 0 Å². The molecule has 0 aliphatic carbocycles. The Bertz CT molecular complexity index is 232. The molecule has 0 bridgehead atoms. The molecule has 0 saturated heterocycles. The number of nitrogens with zero attached hydrogens (tertiary/aromatic N) is 2. The van der Waals surface area contributed by atoms with E-state index in [-0.39, 0.29) is 0 Å². The van der Waals surface area contributed by atoms with Gasteiger partial charge in [-0.25, -0.2) is 0 Å². The summed E-state index contributed by atoms with van der Waals surface area (Å²) in [4.78, 5) is 1.28. The number of rotatable bonds is 4. The van der Waals surface area contributed by atoms with Crippen LogP contribution in [0.3, 0.4) is 0 Å². The highest BCUT2D eigenvalue weighted by Crippen LogP contribution is 2.16. The molecule has 12 heavy (non-hydrogen) atoms. The molecule has 0 aliphatic heterocycles. The van der Waals surface area contributed by atoms with Crippen molar-refractivity contribution in [3.8, 4) is 0 Å². The van der Waals surface area contributed by atoms with Gasteiger partial charge in [0.2, 0.25) is 0 Å². The van der Waals surface area contributed by atoms with Crippen molar-refractivity contribution >= 4 is 11.5 Å². The molecular formula is C9H16N2S. The summed E-state index contributed by atoms with van der Waals surface area (Å²) in [5.41, 5.74) is 1.20. The zero-order valence-electron chi connectivity index (χ0n) is 8.00. The maximum Gasteiger partial charge on any atom is 0.0787 e. The fourth-order valence-electron chi connectivity index (χ4n) is 1.36. The molecule has 1 aromatic heterocycles. The second-order valence-corrected chi connectivity index (χ2v) is 4.33. The van der Waals surface area contributed by atoms with Crippen molar-refractivity contribution in [1.82, 2.24) is 9.59 Å². The van der Waals surface area contributed by atoms with E-state index in [0.29, 0.717) is 0 Å². The minimum Gasteiger partial charge on any atom is -0.143 e. The van der Waals surface area contributed by atoms with Crippen molar-refractivity contribution in [2.45, 2.75) is 40.0 Å². The summed E-state index contributed by atoms with van der Waals surface area (Å²) in [7, 11) is 0. The van der Waals surface area contributed by atoms with Gasteiger partial charge in [0.05, 0.1) is 5.69 Å². The van der Waals surface area contributed by atoms with Gasteiger partial charge >= 0.3 is 0 Å². The predicted molar refractivity (Wildman–Crippen MR) is 52.4 cm³/mol. The summed E-state index contributed by atoms with van der Waals surface area (Å²) in [6.07, 6.45) is 3.64. The first-order chi connectivity index (χ1) is 5.74. The van der Waals surface area contributed by atoms with Gasteiger partial charge in [-0.2, -0.15) is 0 Å². The maximum atomic E-state index is 4.11. The van der Waals surface area contributed by atoms with E-state index in [2.05, 4.69) is 30.4 Å². The number of aryl methyl sites for hydroxylation is 1. The predicted octanol–water partition coefficient (Wildman–Crippen LogP) is 2.83. The zero-order valence-corrected chi connectivity index (χ0v) is 8.82. The largest absolute Gasteiger partial charge is 0.143 e. The molecule has 0 amide bonds. The SMILES string of the molecule is CCCC(C)Cc1nnsc1C. The van der Waals surface area contributed by atoms with Crippen LogP contribution in [-0.4, -0.2) is 9.59 Å². The maximum absolute atomic E-state index is 4.11. The summed E-state index contributed by atoms with van der Waals surface area (Å²) >= 11 is 1.50. The highest BCUT2D eigenvalue weighted by Gasteiger charge is 2.07. The number of aromatic nitrogens is 2. The third kappa shape index (κ3) is 2.55. The molecule has 68 valence electrons. The van der Waals surface area contributed by atoms with E-state index < -0.39 is 0 Å². The van der Waals surface area contributed by atoms with Gasteiger partial charge in [-0.3, -0.25) is 0 Å². The van der Waals surface area contributed by atoms with E-state index in [1.165, 1.54) is 34.9 Å². The molecule has 1 aromatic rings. The Morgan fingerprint density at radius 3 is 2.75 bits per heavy atom. The van der Waals surface area contributed by atoms with Crippen molar-refractivity contribution < 1.29 is 0 Å². The lowest BCUT2D eigenvalue weighted by molar-refractivity contribution is 0.515. The topological polar surface area (TPSA) is 25.8 Å². The molecular weight excluding hydrogens is 168 g/mol. The Hall–Kier alpha value is -0.440. The zero-order chi connectivity index (χ0) is 8.97. The standard InChI is InChI=1S/C9H16N2S/c1-4-5-7(2)6-9-8(3)12-11-10-9/h7H,4-6H2,1-3H3. The molecule has 0 fully saturated rings. The van der Waals surface area contributed by atoms with Crippen LogP contribution in [0, 0.1) is 12.8 Å². The lowest BCUT2D eigenvalue weighted by Crippen LogP contribution is -2.00. The molecule has 0 aliphatic rings. The van der Waals surface area contributed by atoms with Gasteiger partial charge in [-0.1, -0.05) is 31.2 Å². The Labute approximate surface area is 78.2 Å². The molecule has 0 saturated carbocycles. The average Bonchev–Trinajstić information content (AvgIpc) is 2.37. The molecule has 1 heterocycles. The van der Waals surface area contributed by atoms with Gasteiger partial charge < -0.3 is 0 Å². The molecule has 3 heteroatoms. The fourth-order valence-corrected chi connectivity index (χ4v) is 1.85.